The smallest absolute Gasteiger partial charge is 0.410 e. The van der Waals surface area contributed by atoms with Gasteiger partial charge in [0.25, 0.3) is 0 Å². The highest BCUT2D eigenvalue weighted by Crippen LogP contribution is 2.27. The number of carbonyl (C=O) groups is 1. The molecule has 0 aromatic carbocycles. The van der Waals surface area contributed by atoms with Crippen LogP contribution in [0.25, 0.3) is 0 Å². The minimum absolute atomic E-state index is 0.0635. The van der Waals surface area contributed by atoms with E-state index in [4.69, 9.17) is 20.6 Å². The van der Waals surface area contributed by atoms with Gasteiger partial charge in [-0.15, -0.1) is 0 Å². The number of hydrogen-bond donors (Lipinski definition) is 3. The van der Waals surface area contributed by atoms with Gasteiger partial charge in [-0.2, -0.15) is 0 Å². The summed E-state index contributed by atoms with van der Waals surface area (Å²) >= 11 is 1.87. The van der Waals surface area contributed by atoms with Gasteiger partial charge in [0.05, 0.1) is 18.2 Å². The van der Waals surface area contributed by atoms with Crippen molar-refractivity contribution in [2.24, 2.45) is 0 Å². The Labute approximate surface area is 166 Å². The maximum atomic E-state index is 12.5. The van der Waals surface area contributed by atoms with E-state index in [0.717, 1.165) is 0 Å². The zero-order valence-corrected chi connectivity index (χ0v) is 17.5. The first-order valence-electron chi connectivity index (χ1n) is 8.22. The molecular weight excluding hydrogens is 451 g/mol. The molecule has 9 nitrogen and oxygen atoms in total. The Bertz CT molecular complexity index is 678. The second-order valence-corrected chi connectivity index (χ2v) is 8.19. The third-order valence-electron chi connectivity index (χ3n) is 3.84. The van der Waals surface area contributed by atoms with Crippen molar-refractivity contribution in [2.75, 3.05) is 31.3 Å². The van der Waals surface area contributed by atoms with E-state index in [-0.39, 0.29) is 27.7 Å². The Kier molecular flexibility index (Phi) is 6.61. The number of rotatable bonds is 5. The Hall–Kier alpha value is -1.69. The van der Waals surface area contributed by atoms with E-state index in [2.05, 4.69) is 15.3 Å². The molecule has 1 aliphatic heterocycles. The Morgan fingerprint density at radius 2 is 2.19 bits per heavy atom. The van der Waals surface area contributed by atoms with Gasteiger partial charge in [0.1, 0.15) is 27.3 Å². The second kappa shape index (κ2) is 8.33. The van der Waals surface area contributed by atoms with E-state index in [1.165, 1.54) is 6.33 Å². The van der Waals surface area contributed by atoms with Crippen molar-refractivity contribution < 1.29 is 14.3 Å². The van der Waals surface area contributed by atoms with Gasteiger partial charge in [-0.05, 0) is 49.8 Å². The number of halogens is 1. The number of likely N-dealkylation sites (tertiary alicyclic amines) is 1. The van der Waals surface area contributed by atoms with Gasteiger partial charge in [0.15, 0.2) is 0 Å². The van der Waals surface area contributed by atoms with E-state index in [1.54, 1.807) is 12.0 Å². The number of ether oxygens (including phenoxy) is 2. The van der Waals surface area contributed by atoms with Crippen LogP contribution in [0.4, 0.5) is 16.4 Å². The van der Waals surface area contributed by atoms with Crippen LogP contribution in [0.3, 0.4) is 0 Å². The number of methoxy groups -OCH3 is 1. The van der Waals surface area contributed by atoms with Crippen LogP contribution >= 0.6 is 22.6 Å². The quantitative estimate of drug-likeness (QED) is 0.440. The van der Waals surface area contributed by atoms with E-state index in [1.807, 2.05) is 43.4 Å². The van der Waals surface area contributed by atoms with E-state index < -0.39 is 5.60 Å². The van der Waals surface area contributed by atoms with Crippen LogP contribution in [-0.2, 0) is 9.47 Å². The van der Waals surface area contributed by atoms with Gasteiger partial charge >= 0.3 is 6.09 Å². The number of nitrogens with zero attached hydrogens (tertiary/aromatic N) is 3. The maximum absolute atomic E-state index is 12.5. The summed E-state index contributed by atoms with van der Waals surface area (Å²) in [5.41, 5.74) is 5.78. The molecule has 0 unspecified atom stereocenters. The minimum Gasteiger partial charge on any atom is -0.444 e. The minimum atomic E-state index is -0.565. The molecule has 1 amide bonds. The Morgan fingerprint density at radius 1 is 1.50 bits per heavy atom. The molecule has 144 valence electrons. The van der Waals surface area contributed by atoms with Crippen LogP contribution in [0.2, 0.25) is 0 Å². The molecule has 0 radical (unpaired) electrons. The van der Waals surface area contributed by atoms with Gasteiger partial charge in [0.2, 0.25) is 0 Å². The standard InChI is InChI=1S/C16H25IN6O3/c1-16(2,3)26-15(24)23-6-9(5-10(23)7-25-4)22-14-11(12(17)18)13(19)20-8-21-14/h8-10,18H,5-7H2,1-4H3,(H3,19,20,21,22)/t9-,10+/m0/s1. The summed E-state index contributed by atoms with van der Waals surface area (Å²) in [4.78, 5) is 22.3. The van der Waals surface area contributed by atoms with E-state index >= 15 is 0 Å². The van der Waals surface area contributed by atoms with E-state index in [0.29, 0.717) is 31.0 Å². The van der Waals surface area contributed by atoms with Crippen molar-refractivity contribution in [1.82, 2.24) is 14.9 Å². The van der Waals surface area contributed by atoms with Crippen LogP contribution in [0.1, 0.15) is 32.8 Å². The van der Waals surface area contributed by atoms with Crippen molar-refractivity contribution in [3.8, 4) is 0 Å². The summed E-state index contributed by atoms with van der Waals surface area (Å²) in [5.74, 6) is 0.737. The van der Waals surface area contributed by atoms with Crippen LogP contribution in [0, 0.1) is 5.41 Å². The van der Waals surface area contributed by atoms with Gasteiger partial charge in [-0.1, -0.05) is 0 Å². The molecule has 10 heteroatoms. The highest BCUT2D eigenvalue weighted by Gasteiger charge is 2.38. The summed E-state index contributed by atoms with van der Waals surface area (Å²) in [6.07, 6.45) is 1.66. The number of nitrogen functional groups attached to an aromatic ring is 1. The predicted octanol–water partition coefficient (Wildman–Crippen LogP) is 2.26. The molecule has 1 aromatic heterocycles. The first-order chi connectivity index (χ1) is 12.1. The second-order valence-electron chi connectivity index (χ2n) is 7.12. The number of anilines is 2. The fraction of sp³-hybridized carbons (Fsp3) is 0.625. The van der Waals surface area contributed by atoms with Crippen LogP contribution in [-0.4, -0.2) is 62.6 Å². The molecule has 1 aromatic rings. The SMILES string of the molecule is COC[C@H]1C[C@H](Nc2ncnc(N)c2C(=N)I)CN1C(=O)OC(C)(C)C. The first-order valence-corrected chi connectivity index (χ1v) is 9.30. The van der Waals surface area contributed by atoms with Crippen LogP contribution < -0.4 is 11.1 Å². The number of amides is 1. The number of nitrogens with two attached hydrogens (primary N) is 1. The average molecular weight is 476 g/mol. The molecule has 1 aliphatic rings. The monoisotopic (exact) mass is 476 g/mol. The summed E-state index contributed by atoms with van der Waals surface area (Å²) in [6.45, 7) is 6.37. The summed E-state index contributed by atoms with van der Waals surface area (Å²) < 4.78 is 11.0. The number of nitrogens with one attached hydrogen (secondary N) is 2. The predicted molar refractivity (Wildman–Crippen MR) is 108 cm³/mol. The van der Waals surface area contributed by atoms with Gasteiger partial charge in [-0.3, -0.25) is 5.41 Å². The largest absolute Gasteiger partial charge is 0.444 e. The molecule has 4 N–H and O–H groups in total. The normalized spacial score (nSPS) is 20.1. The van der Waals surface area contributed by atoms with Crippen molar-refractivity contribution in [1.29, 1.82) is 5.41 Å². The molecule has 2 atom stereocenters. The van der Waals surface area contributed by atoms with Crippen molar-refractivity contribution in [2.45, 2.75) is 44.9 Å². The number of hydrogen-bond acceptors (Lipinski definition) is 8. The average Bonchev–Trinajstić information content (AvgIpc) is 2.88. The molecule has 1 saturated heterocycles. The first kappa shape index (κ1) is 20.6. The fourth-order valence-electron chi connectivity index (χ4n) is 2.83. The molecule has 0 bridgehead atoms. The molecule has 26 heavy (non-hydrogen) atoms. The topological polar surface area (TPSA) is 126 Å². The lowest BCUT2D eigenvalue weighted by Gasteiger charge is -2.28. The van der Waals surface area contributed by atoms with Crippen LogP contribution in [0.5, 0.6) is 0 Å². The fourth-order valence-corrected chi connectivity index (χ4v) is 3.37. The molecule has 1 fully saturated rings. The lowest BCUT2D eigenvalue weighted by atomic mass is 10.1. The maximum Gasteiger partial charge on any atom is 0.410 e. The summed E-state index contributed by atoms with van der Waals surface area (Å²) in [5, 5.41) is 11.2. The Morgan fingerprint density at radius 3 is 2.77 bits per heavy atom. The van der Waals surface area contributed by atoms with Crippen molar-refractivity contribution >= 4 is 44.0 Å². The Balaban J connectivity index is 2.16. The zero-order chi connectivity index (χ0) is 19.5. The molecule has 0 aliphatic carbocycles. The summed E-state index contributed by atoms with van der Waals surface area (Å²) in [6, 6.07) is -0.166. The lowest BCUT2D eigenvalue weighted by Crippen LogP contribution is -2.42. The third-order valence-corrected chi connectivity index (χ3v) is 4.38. The zero-order valence-electron chi connectivity index (χ0n) is 15.4. The molecule has 0 spiro atoms. The highest BCUT2D eigenvalue weighted by molar-refractivity contribution is 14.1. The van der Waals surface area contributed by atoms with Gasteiger partial charge in [-0.25, -0.2) is 14.8 Å². The molecule has 0 saturated carbocycles. The third kappa shape index (κ3) is 5.16. The van der Waals surface area contributed by atoms with E-state index in [9.17, 15) is 4.79 Å². The lowest BCUT2D eigenvalue weighted by molar-refractivity contribution is 0.0147. The van der Waals surface area contributed by atoms with Crippen molar-refractivity contribution in [3.63, 3.8) is 0 Å². The highest BCUT2D eigenvalue weighted by atomic mass is 127. The molecule has 2 rings (SSSR count). The molecular formula is C16H25IN6O3. The number of carbonyl (C=O) groups excluding carboxylic acids is 1. The van der Waals surface area contributed by atoms with Gasteiger partial charge < -0.3 is 25.4 Å². The molecule has 2 heterocycles. The summed E-state index contributed by atoms with van der Waals surface area (Å²) in [7, 11) is 1.61. The van der Waals surface area contributed by atoms with Crippen LogP contribution in [0.15, 0.2) is 6.33 Å². The number of aromatic nitrogens is 2. The van der Waals surface area contributed by atoms with Crippen molar-refractivity contribution in [3.05, 3.63) is 11.9 Å². The van der Waals surface area contributed by atoms with Gasteiger partial charge in [0, 0.05) is 19.7 Å².